The molecule has 82 valence electrons. The van der Waals surface area contributed by atoms with Gasteiger partial charge in [-0.25, -0.2) is 0 Å². The molecule has 0 amide bonds. The lowest BCUT2D eigenvalue weighted by Crippen LogP contribution is -2.36. The molecule has 1 N–H and O–H groups in total. The van der Waals surface area contributed by atoms with E-state index >= 15 is 0 Å². The lowest BCUT2D eigenvalue weighted by atomic mass is 10.1. The normalized spacial score (nSPS) is 34.5. The second-order valence-corrected chi connectivity index (χ2v) is 5.28. The standard InChI is InChI=1S/C12H24N2/c1-14(2)12-8-7-11(9-12)13-10-5-3-4-6-10/h10-13H,3-9H2,1-2H3/t11-,12+/m1/s1. The minimum atomic E-state index is 0.811. The van der Waals surface area contributed by atoms with E-state index in [1.165, 1.54) is 44.9 Å². The van der Waals surface area contributed by atoms with Crippen LogP contribution in [-0.2, 0) is 0 Å². The van der Waals surface area contributed by atoms with E-state index in [9.17, 15) is 0 Å². The summed E-state index contributed by atoms with van der Waals surface area (Å²) in [6.07, 6.45) is 9.87. The number of nitrogens with one attached hydrogen (secondary N) is 1. The van der Waals surface area contributed by atoms with Crippen molar-refractivity contribution in [2.45, 2.75) is 63.1 Å². The molecule has 2 fully saturated rings. The number of hydrogen-bond donors (Lipinski definition) is 1. The zero-order chi connectivity index (χ0) is 9.97. The van der Waals surface area contributed by atoms with Gasteiger partial charge in [-0.3, -0.25) is 0 Å². The van der Waals surface area contributed by atoms with Crippen molar-refractivity contribution in [2.24, 2.45) is 0 Å². The molecule has 0 radical (unpaired) electrons. The van der Waals surface area contributed by atoms with E-state index in [2.05, 4.69) is 24.3 Å². The maximum absolute atomic E-state index is 3.84. The van der Waals surface area contributed by atoms with E-state index in [1.807, 2.05) is 0 Å². The van der Waals surface area contributed by atoms with Gasteiger partial charge in [-0.05, 0) is 46.2 Å². The fourth-order valence-corrected chi connectivity index (χ4v) is 3.00. The molecule has 2 aliphatic rings. The van der Waals surface area contributed by atoms with Crippen LogP contribution in [0.15, 0.2) is 0 Å². The van der Waals surface area contributed by atoms with Crippen molar-refractivity contribution in [1.29, 1.82) is 0 Å². The van der Waals surface area contributed by atoms with Crippen LogP contribution in [0.2, 0.25) is 0 Å². The molecule has 0 aromatic heterocycles. The number of hydrogen-bond acceptors (Lipinski definition) is 2. The van der Waals surface area contributed by atoms with E-state index in [-0.39, 0.29) is 0 Å². The summed E-state index contributed by atoms with van der Waals surface area (Å²) in [4.78, 5) is 2.39. The fraction of sp³-hybridized carbons (Fsp3) is 1.00. The predicted octanol–water partition coefficient (Wildman–Crippen LogP) is 2.00. The average Bonchev–Trinajstić information content (AvgIpc) is 2.75. The SMILES string of the molecule is CN(C)[C@H]1CC[C@@H](NC2CCCC2)C1. The molecule has 0 aromatic carbocycles. The van der Waals surface area contributed by atoms with E-state index in [0.29, 0.717) is 0 Å². The van der Waals surface area contributed by atoms with Crippen molar-refractivity contribution in [3.8, 4) is 0 Å². The first kappa shape index (κ1) is 10.4. The Kier molecular flexibility index (Phi) is 3.45. The zero-order valence-corrected chi connectivity index (χ0v) is 9.63. The summed E-state index contributed by atoms with van der Waals surface area (Å²) in [5.41, 5.74) is 0. The molecule has 0 saturated heterocycles. The van der Waals surface area contributed by atoms with Gasteiger partial charge >= 0.3 is 0 Å². The highest BCUT2D eigenvalue weighted by Crippen LogP contribution is 2.25. The summed E-state index contributed by atoms with van der Waals surface area (Å²) in [5.74, 6) is 0. The molecule has 0 heterocycles. The molecule has 0 aromatic rings. The second-order valence-electron chi connectivity index (χ2n) is 5.28. The van der Waals surface area contributed by atoms with Crippen LogP contribution >= 0.6 is 0 Å². The number of nitrogens with zero attached hydrogens (tertiary/aromatic N) is 1. The molecular formula is C12H24N2. The topological polar surface area (TPSA) is 15.3 Å². The van der Waals surface area contributed by atoms with Gasteiger partial charge < -0.3 is 10.2 Å². The summed E-state index contributed by atoms with van der Waals surface area (Å²) in [6.45, 7) is 0. The van der Waals surface area contributed by atoms with Crippen LogP contribution in [0.25, 0.3) is 0 Å². The molecule has 2 nitrogen and oxygen atoms in total. The highest BCUT2D eigenvalue weighted by atomic mass is 15.1. The molecule has 0 spiro atoms. The minimum absolute atomic E-state index is 0.811. The van der Waals surface area contributed by atoms with Crippen LogP contribution in [0.4, 0.5) is 0 Å². The zero-order valence-electron chi connectivity index (χ0n) is 9.63. The van der Waals surface area contributed by atoms with Crippen LogP contribution in [0.5, 0.6) is 0 Å². The molecule has 2 aliphatic carbocycles. The smallest absolute Gasteiger partial charge is 0.0105 e. The monoisotopic (exact) mass is 196 g/mol. The van der Waals surface area contributed by atoms with Crippen LogP contribution < -0.4 is 5.32 Å². The van der Waals surface area contributed by atoms with E-state index in [1.54, 1.807) is 0 Å². The van der Waals surface area contributed by atoms with Gasteiger partial charge in [0.15, 0.2) is 0 Å². The summed E-state index contributed by atoms with van der Waals surface area (Å²) >= 11 is 0. The second kappa shape index (κ2) is 4.63. The van der Waals surface area contributed by atoms with Gasteiger partial charge in [0, 0.05) is 18.1 Å². The van der Waals surface area contributed by atoms with Crippen LogP contribution in [-0.4, -0.2) is 37.1 Å². The third-order valence-electron chi connectivity index (χ3n) is 3.96. The Morgan fingerprint density at radius 1 is 0.929 bits per heavy atom. The molecule has 0 bridgehead atoms. The van der Waals surface area contributed by atoms with E-state index < -0.39 is 0 Å². The number of rotatable bonds is 3. The van der Waals surface area contributed by atoms with Crippen LogP contribution in [0, 0.1) is 0 Å². The Morgan fingerprint density at radius 3 is 2.21 bits per heavy atom. The molecule has 0 unspecified atom stereocenters. The molecule has 2 heteroatoms. The van der Waals surface area contributed by atoms with Gasteiger partial charge in [-0.15, -0.1) is 0 Å². The summed E-state index contributed by atoms with van der Waals surface area (Å²) in [5, 5.41) is 3.84. The van der Waals surface area contributed by atoms with Gasteiger partial charge in [-0.2, -0.15) is 0 Å². The first-order chi connectivity index (χ1) is 6.75. The molecule has 0 aliphatic heterocycles. The highest BCUT2D eigenvalue weighted by Gasteiger charge is 2.28. The summed E-state index contributed by atoms with van der Waals surface area (Å²) < 4.78 is 0. The lowest BCUT2D eigenvalue weighted by molar-refractivity contribution is 0.290. The van der Waals surface area contributed by atoms with Crippen LogP contribution in [0.3, 0.4) is 0 Å². The maximum atomic E-state index is 3.84. The summed E-state index contributed by atoms with van der Waals surface area (Å²) in [7, 11) is 4.42. The summed E-state index contributed by atoms with van der Waals surface area (Å²) in [6, 6.07) is 2.49. The fourth-order valence-electron chi connectivity index (χ4n) is 3.00. The lowest BCUT2D eigenvalue weighted by Gasteiger charge is -2.21. The Morgan fingerprint density at radius 2 is 1.64 bits per heavy atom. The van der Waals surface area contributed by atoms with Gasteiger partial charge in [0.25, 0.3) is 0 Å². The van der Waals surface area contributed by atoms with Crippen molar-refractivity contribution in [3.63, 3.8) is 0 Å². The largest absolute Gasteiger partial charge is 0.311 e. The maximum Gasteiger partial charge on any atom is 0.0105 e. The first-order valence-electron chi connectivity index (χ1n) is 6.18. The highest BCUT2D eigenvalue weighted by molar-refractivity contribution is 4.88. The van der Waals surface area contributed by atoms with Gasteiger partial charge in [-0.1, -0.05) is 12.8 Å². The minimum Gasteiger partial charge on any atom is -0.311 e. The Labute approximate surface area is 88.1 Å². The van der Waals surface area contributed by atoms with E-state index in [4.69, 9.17) is 0 Å². The third-order valence-corrected chi connectivity index (χ3v) is 3.96. The Hall–Kier alpha value is -0.0800. The Balaban J connectivity index is 1.72. The third kappa shape index (κ3) is 2.48. The van der Waals surface area contributed by atoms with Gasteiger partial charge in [0.2, 0.25) is 0 Å². The van der Waals surface area contributed by atoms with Gasteiger partial charge in [0.05, 0.1) is 0 Å². The quantitative estimate of drug-likeness (QED) is 0.743. The average molecular weight is 196 g/mol. The van der Waals surface area contributed by atoms with Crippen molar-refractivity contribution in [3.05, 3.63) is 0 Å². The van der Waals surface area contributed by atoms with Crippen molar-refractivity contribution in [2.75, 3.05) is 14.1 Å². The molecule has 2 saturated carbocycles. The van der Waals surface area contributed by atoms with Crippen LogP contribution in [0.1, 0.15) is 44.9 Å². The molecule has 2 rings (SSSR count). The predicted molar refractivity (Wildman–Crippen MR) is 60.5 cm³/mol. The van der Waals surface area contributed by atoms with Crippen molar-refractivity contribution >= 4 is 0 Å². The molecule has 14 heavy (non-hydrogen) atoms. The molecular weight excluding hydrogens is 172 g/mol. The Bertz CT molecular complexity index is 173. The van der Waals surface area contributed by atoms with Crippen molar-refractivity contribution < 1.29 is 0 Å². The molecule has 2 atom stereocenters. The first-order valence-corrected chi connectivity index (χ1v) is 6.18. The van der Waals surface area contributed by atoms with Crippen molar-refractivity contribution in [1.82, 2.24) is 10.2 Å². The van der Waals surface area contributed by atoms with E-state index in [0.717, 1.165) is 18.1 Å². The van der Waals surface area contributed by atoms with Gasteiger partial charge in [0.1, 0.15) is 0 Å².